The molecule has 0 saturated carbocycles. The van der Waals surface area contributed by atoms with E-state index in [9.17, 15) is 18.8 Å². The van der Waals surface area contributed by atoms with E-state index in [1.165, 1.54) is 28.0 Å². The Balaban J connectivity index is 1.67. The molecule has 0 saturated heterocycles. The smallest absolute Gasteiger partial charge is 0.332 e. The van der Waals surface area contributed by atoms with E-state index in [2.05, 4.69) is 5.32 Å². The van der Waals surface area contributed by atoms with Gasteiger partial charge < -0.3 is 5.32 Å². The van der Waals surface area contributed by atoms with Crippen LogP contribution >= 0.6 is 11.3 Å². The molecule has 8 heteroatoms. The van der Waals surface area contributed by atoms with Gasteiger partial charge in [-0.2, -0.15) is 0 Å². The average molecular weight is 423 g/mol. The number of carbonyl (C=O) groups is 1. The lowest BCUT2D eigenvalue weighted by molar-refractivity contribution is -0.121. The standard InChI is InChI=1S/C22H18FN3O3S/c23-17-9-5-4-8-16(17)13-26-21(28)20-18(10-11-30-20)25(22(26)29)14-19(27)24-12-15-6-2-1-3-7-15/h1-11H,12-14H2,(H,24,27). The molecular weight excluding hydrogens is 405 g/mol. The fourth-order valence-corrected chi connectivity index (χ4v) is 4.06. The molecule has 0 fully saturated rings. The number of benzene rings is 2. The van der Waals surface area contributed by atoms with E-state index in [0.29, 0.717) is 16.8 Å². The Morgan fingerprint density at radius 1 is 0.967 bits per heavy atom. The lowest BCUT2D eigenvalue weighted by Gasteiger charge is -2.13. The number of hydrogen-bond donors (Lipinski definition) is 1. The van der Waals surface area contributed by atoms with E-state index in [-0.39, 0.29) is 24.6 Å². The number of nitrogens with zero attached hydrogens (tertiary/aromatic N) is 2. The van der Waals surface area contributed by atoms with E-state index in [1.54, 1.807) is 23.6 Å². The molecule has 4 aromatic rings. The van der Waals surface area contributed by atoms with Crippen LogP contribution in [0.2, 0.25) is 0 Å². The van der Waals surface area contributed by atoms with Gasteiger partial charge in [0.1, 0.15) is 17.1 Å². The molecule has 0 spiro atoms. The summed E-state index contributed by atoms with van der Waals surface area (Å²) in [6.07, 6.45) is 0. The van der Waals surface area contributed by atoms with Crippen LogP contribution in [0.15, 0.2) is 75.6 Å². The van der Waals surface area contributed by atoms with E-state index < -0.39 is 17.1 Å². The Labute approximate surface area is 174 Å². The SMILES string of the molecule is O=C(Cn1c(=O)n(Cc2ccccc2F)c(=O)c2sccc21)NCc1ccccc1. The highest BCUT2D eigenvalue weighted by Gasteiger charge is 2.17. The van der Waals surface area contributed by atoms with Crippen LogP contribution < -0.4 is 16.6 Å². The first kappa shape index (κ1) is 19.8. The molecule has 2 heterocycles. The first-order chi connectivity index (χ1) is 14.5. The Kier molecular flexibility index (Phi) is 5.58. The summed E-state index contributed by atoms with van der Waals surface area (Å²) < 4.78 is 16.7. The minimum atomic E-state index is -0.649. The Hall–Kier alpha value is -3.52. The van der Waals surface area contributed by atoms with Crippen LogP contribution in [0.4, 0.5) is 4.39 Å². The van der Waals surface area contributed by atoms with Crippen molar-refractivity contribution >= 4 is 27.5 Å². The fraction of sp³-hybridized carbons (Fsp3) is 0.136. The summed E-state index contributed by atoms with van der Waals surface area (Å²) in [4.78, 5) is 38.4. The van der Waals surface area contributed by atoms with Gasteiger partial charge >= 0.3 is 5.69 Å². The van der Waals surface area contributed by atoms with Crippen molar-refractivity contribution in [3.63, 3.8) is 0 Å². The van der Waals surface area contributed by atoms with Crippen LogP contribution in [0.25, 0.3) is 10.2 Å². The second-order valence-electron chi connectivity index (χ2n) is 6.75. The third kappa shape index (κ3) is 3.95. The van der Waals surface area contributed by atoms with Gasteiger partial charge in [-0.05, 0) is 23.1 Å². The number of thiophene rings is 1. The highest BCUT2D eigenvalue weighted by atomic mass is 32.1. The number of rotatable bonds is 6. The summed E-state index contributed by atoms with van der Waals surface area (Å²) in [6.45, 7) is -0.115. The van der Waals surface area contributed by atoms with E-state index in [1.807, 2.05) is 30.3 Å². The molecule has 0 aliphatic heterocycles. The van der Waals surface area contributed by atoms with Gasteiger partial charge in [0.15, 0.2) is 0 Å². The number of amides is 1. The van der Waals surface area contributed by atoms with Crippen LogP contribution in [0.5, 0.6) is 0 Å². The Morgan fingerprint density at radius 3 is 2.47 bits per heavy atom. The average Bonchev–Trinajstić information content (AvgIpc) is 3.25. The quantitative estimate of drug-likeness (QED) is 0.518. The minimum absolute atomic E-state index is 0.205. The lowest BCUT2D eigenvalue weighted by Crippen LogP contribution is -2.42. The molecule has 2 aromatic heterocycles. The number of carbonyl (C=O) groups excluding carboxylic acids is 1. The minimum Gasteiger partial charge on any atom is -0.350 e. The number of fused-ring (bicyclic) bond motifs is 1. The third-order valence-corrected chi connectivity index (χ3v) is 5.65. The largest absolute Gasteiger partial charge is 0.350 e. The van der Waals surface area contributed by atoms with Crippen molar-refractivity contribution in [2.24, 2.45) is 0 Å². The van der Waals surface area contributed by atoms with Crippen molar-refractivity contribution in [2.45, 2.75) is 19.6 Å². The molecule has 1 N–H and O–H groups in total. The summed E-state index contributed by atoms with van der Waals surface area (Å²) in [5.74, 6) is -0.855. The maximum atomic E-state index is 14.1. The molecule has 0 bridgehead atoms. The highest BCUT2D eigenvalue weighted by molar-refractivity contribution is 7.17. The van der Waals surface area contributed by atoms with E-state index >= 15 is 0 Å². The molecule has 6 nitrogen and oxygen atoms in total. The van der Waals surface area contributed by atoms with Crippen LogP contribution in [-0.2, 0) is 24.4 Å². The summed E-state index contributed by atoms with van der Waals surface area (Å²) in [5, 5.41) is 4.47. The monoisotopic (exact) mass is 423 g/mol. The van der Waals surface area contributed by atoms with Gasteiger partial charge in [-0.25, -0.2) is 9.18 Å². The Morgan fingerprint density at radius 2 is 1.70 bits per heavy atom. The topological polar surface area (TPSA) is 73.1 Å². The van der Waals surface area contributed by atoms with Gasteiger partial charge in [-0.15, -0.1) is 11.3 Å². The van der Waals surface area contributed by atoms with Gasteiger partial charge in [0.05, 0.1) is 12.1 Å². The zero-order valence-corrected chi connectivity index (χ0v) is 16.7. The van der Waals surface area contributed by atoms with Crippen LogP contribution in [0, 0.1) is 5.82 Å². The maximum absolute atomic E-state index is 14.1. The molecule has 4 rings (SSSR count). The molecule has 0 aliphatic rings. The van der Waals surface area contributed by atoms with Crippen molar-refractivity contribution in [3.8, 4) is 0 Å². The molecule has 30 heavy (non-hydrogen) atoms. The summed E-state index contributed by atoms with van der Waals surface area (Å²) in [7, 11) is 0. The normalized spacial score (nSPS) is 11.0. The van der Waals surface area contributed by atoms with Crippen LogP contribution in [0.3, 0.4) is 0 Å². The van der Waals surface area contributed by atoms with Gasteiger partial charge in [-0.1, -0.05) is 48.5 Å². The predicted molar refractivity (Wildman–Crippen MR) is 114 cm³/mol. The van der Waals surface area contributed by atoms with Crippen molar-refractivity contribution in [2.75, 3.05) is 0 Å². The fourth-order valence-electron chi connectivity index (χ4n) is 3.22. The summed E-state index contributed by atoms with van der Waals surface area (Å²) in [5.41, 5.74) is 0.420. The van der Waals surface area contributed by atoms with E-state index in [0.717, 1.165) is 10.1 Å². The Bertz CT molecular complexity index is 1320. The lowest BCUT2D eigenvalue weighted by atomic mass is 10.2. The molecule has 0 atom stereocenters. The second kappa shape index (κ2) is 8.46. The zero-order valence-electron chi connectivity index (χ0n) is 15.9. The molecule has 1 amide bonds. The van der Waals surface area contributed by atoms with Gasteiger partial charge in [0.25, 0.3) is 5.56 Å². The first-order valence-electron chi connectivity index (χ1n) is 9.29. The number of nitrogens with one attached hydrogen (secondary N) is 1. The molecular formula is C22H18FN3O3S. The first-order valence-corrected chi connectivity index (χ1v) is 10.2. The second-order valence-corrected chi connectivity index (χ2v) is 7.66. The number of halogens is 1. The molecule has 2 aromatic carbocycles. The number of hydrogen-bond acceptors (Lipinski definition) is 4. The van der Waals surface area contributed by atoms with Crippen molar-refractivity contribution in [1.29, 1.82) is 0 Å². The van der Waals surface area contributed by atoms with Gasteiger partial charge in [0.2, 0.25) is 5.91 Å². The van der Waals surface area contributed by atoms with Crippen molar-refractivity contribution in [1.82, 2.24) is 14.5 Å². The zero-order chi connectivity index (χ0) is 21.1. The van der Waals surface area contributed by atoms with Gasteiger partial charge in [-0.3, -0.25) is 18.7 Å². The molecule has 0 unspecified atom stereocenters. The summed E-state index contributed by atoms with van der Waals surface area (Å²) >= 11 is 1.18. The van der Waals surface area contributed by atoms with Crippen LogP contribution in [-0.4, -0.2) is 15.0 Å². The third-order valence-electron chi connectivity index (χ3n) is 4.76. The summed E-state index contributed by atoms with van der Waals surface area (Å²) in [6, 6.07) is 17.0. The van der Waals surface area contributed by atoms with Crippen LogP contribution in [0.1, 0.15) is 11.1 Å². The van der Waals surface area contributed by atoms with E-state index in [4.69, 9.17) is 0 Å². The van der Waals surface area contributed by atoms with Crippen molar-refractivity contribution < 1.29 is 9.18 Å². The molecule has 0 radical (unpaired) electrons. The van der Waals surface area contributed by atoms with Crippen molar-refractivity contribution in [3.05, 3.63) is 104 Å². The maximum Gasteiger partial charge on any atom is 0.332 e. The molecule has 0 aliphatic carbocycles. The number of aromatic nitrogens is 2. The predicted octanol–water partition coefficient (Wildman–Crippen LogP) is 2.73. The molecule has 152 valence electrons. The van der Waals surface area contributed by atoms with Gasteiger partial charge in [0, 0.05) is 12.1 Å². The highest BCUT2D eigenvalue weighted by Crippen LogP contribution is 2.16.